The Labute approximate surface area is 274 Å². The molecule has 0 radical (unpaired) electrons. The van der Waals surface area contributed by atoms with Crippen molar-refractivity contribution in [3.8, 4) is 17.2 Å². The van der Waals surface area contributed by atoms with Crippen LogP contribution in [0.2, 0.25) is 0 Å². The molecule has 0 saturated carbocycles. The second-order valence-electron chi connectivity index (χ2n) is 12.8. The number of anilines is 1. The Kier molecular flexibility index (Phi) is 9.08. The fraction of sp³-hybridized carbons (Fsp3) is 0.444. The summed E-state index contributed by atoms with van der Waals surface area (Å²) in [5.74, 6) is -0.252. The Bertz CT molecular complexity index is 1990. The predicted molar refractivity (Wildman–Crippen MR) is 183 cm³/mol. The van der Waals surface area contributed by atoms with Crippen LogP contribution in [0.5, 0.6) is 0 Å². The van der Waals surface area contributed by atoms with Gasteiger partial charge in [0.1, 0.15) is 0 Å². The predicted octanol–water partition coefficient (Wildman–Crippen LogP) is 3.94. The van der Waals surface area contributed by atoms with Crippen LogP contribution in [0.1, 0.15) is 58.5 Å². The van der Waals surface area contributed by atoms with Crippen molar-refractivity contribution in [2.45, 2.75) is 59.2 Å². The third kappa shape index (κ3) is 6.11. The average molecular weight is 638 g/mol. The highest BCUT2D eigenvalue weighted by Gasteiger charge is 2.31. The number of nitrogens with one attached hydrogen (secondary N) is 2. The van der Waals surface area contributed by atoms with Gasteiger partial charge in [0.2, 0.25) is 0 Å². The fourth-order valence-electron chi connectivity index (χ4n) is 7.22. The van der Waals surface area contributed by atoms with Crippen molar-refractivity contribution >= 4 is 22.6 Å². The molecule has 2 aromatic carbocycles. The van der Waals surface area contributed by atoms with E-state index in [4.69, 9.17) is 10.00 Å². The van der Waals surface area contributed by atoms with Gasteiger partial charge >= 0.3 is 5.69 Å². The molecule has 2 N–H and O–H groups in total. The average Bonchev–Trinajstić information content (AvgIpc) is 3.28. The number of fused-ring (bicyclic) bond motifs is 1. The molecule has 4 heterocycles. The first kappa shape index (κ1) is 32.3. The molecule has 4 aromatic rings. The normalized spacial score (nSPS) is 15.8. The topological polar surface area (TPSA) is 128 Å². The van der Waals surface area contributed by atoms with Crippen LogP contribution in [-0.4, -0.2) is 70.4 Å². The molecule has 1 amide bonds. The maximum absolute atomic E-state index is 13.9. The minimum Gasteiger partial charge on any atom is -0.381 e. The Morgan fingerprint density at radius 3 is 2.49 bits per heavy atom. The van der Waals surface area contributed by atoms with Gasteiger partial charge in [-0.05, 0) is 93.1 Å². The van der Waals surface area contributed by atoms with E-state index in [-0.39, 0.29) is 35.8 Å². The number of likely N-dealkylation sites (tertiary alicyclic amines) is 1. The second-order valence-corrected chi connectivity index (χ2v) is 12.8. The van der Waals surface area contributed by atoms with E-state index in [1.807, 2.05) is 60.6 Å². The lowest BCUT2D eigenvalue weighted by Gasteiger charge is -2.38. The molecule has 11 heteroatoms. The van der Waals surface area contributed by atoms with E-state index < -0.39 is 0 Å². The number of nitrogens with zero attached hydrogens (tertiary/aromatic N) is 5. The summed E-state index contributed by atoms with van der Waals surface area (Å²) in [6.07, 6.45) is 1.81. The van der Waals surface area contributed by atoms with Crippen molar-refractivity contribution in [2.75, 3.05) is 44.3 Å². The monoisotopic (exact) mass is 637 g/mol. The Morgan fingerprint density at radius 2 is 1.81 bits per heavy atom. The minimum atomic E-state index is -0.252. The number of aromatic amines is 1. The number of nitriles is 1. The number of carbonyl (C=O) groups is 1. The van der Waals surface area contributed by atoms with E-state index in [2.05, 4.69) is 34.3 Å². The first-order chi connectivity index (χ1) is 22.6. The standard InChI is InChI=1S/C36H43N7O4/c1-6-42(27-9-13-47-14-10-27)32-18-26(16-29(24(32)4)34(44)38-19-30-22(2)15-23(3)39-35(30)45)25-7-8-31-33(17-25)43(36(46)40(31)5)28-20-41(21-28)12-11-37/h7-8,15-18,27-28H,6,9-10,12-14,19-21H2,1-5H3,(H,38,44)(H,39,45). The van der Waals surface area contributed by atoms with Crippen molar-refractivity contribution in [1.29, 1.82) is 5.26 Å². The van der Waals surface area contributed by atoms with Gasteiger partial charge in [0.05, 0.1) is 29.7 Å². The van der Waals surface area contributed by atoms with E-state index in [1.54, 1.807) is 11.6 Å². The van der Waals surface area contributed by atoms with E-state index in [9.17, 15) is 14.4 Å². The van der Waals surface area contributed by atoms with Gasteiger partial charge in [-0.25, -0.2) is 4.79 Å². The molecule has 47 heavy (non-hydrogen) atoms. The highest BCUT2D eigenvalue weighted by molar-refractivity contribution is 5.99. The summed E-state index contributed by atoms with van der Waals surface area (Å²) in [5.41, 5.74) is 7.70. The van der Waals surface area contributed by atoms with Gasteiger partial charge in [-0.2, -0.15) is 5.26 Å². The van der Waals surface area contributed by atoms with Crippen LogP contribution in [0.4, 0.5) is 5.69 Å². The number of H-pyrrole nitrogens is 1. The molecular formula is C36H43N7O4. The Morgan fingerprint density at radius 1 is 1.06 bits per heavy atom. The van der Waals surface area contributed by atoms with Crippen molar-refractivity contribution in [3.63, 3.8) is 0 Å². The van der Waals surface area contributed by atoms with Gasteiger partial charge in [-0.3, -0.25) is 23.6 Å². The van der Waals surface area contributed by atoms with Crippen molar-refractivity contribution < 1.29 is 9.53 Å². The van der Waals surface area contributed by atoms with Gasteiger partial charge in [-0.15, -0.1) is 0 Å². The number of benzene rings is 2. The minimum absolute atomic E-state index is 0.0118. The summed E-state index contributed by atoms with van der Waals surface area (Å²) in [5, 5.41) is 12.1. The number of amides is 1. The van der Waals surface area contributed by atoms with Gasteiger partial charge < -0.3 is 19.9 Å². The molecule has 246 valence electrons. The van der Waals surface area contributed by atoms with Crippen LogP contribution in [0.3, 0.4) is 0 Å². The van der Waals surface area contributed by atoms with Crippen LogP contribution in [0.15, 0.2) is 46.0 Å². The van der Waals surface area contributed by atoms with E-state index in [0.29, 0.717) is 44.0 Å². The van der Waals surface area contributed by atoms with Crippen LogP contribution in [-0.2, 0) is 18.3 Å². The van der Waals surface area contributed by atoms with E-state index in [0.717, 1.165) is 64.1 Å². The Balaban J connectivity index is 1.43. The van der Waals surface area contributed by atoms with Crippen molar-refractivity contribution in [1.82, 2.24) is 24.3 Å². The van der Waals surface area contributed by atoms with Crippen molar-refractivity contribution in [2.24, 2.45) is 7.05 Å². The number of pyridine rings is 1. The molecule has 2 fully saturated rings. The molecule has 2 aliphatic rings. The number of hydrogen-bond acceptors (Lipinski definition) is 7. The summed E-state index contributed by atoms with van der Waals surface area (Å²) >= 11 is 0. The summed E-state index contributed by atoms with van der Waals surface area (Å²) in [6, 6.07) is 14.5. The number of rotatable bonds is 9. The number of ether oxygens (including phenoxy) is 1. The molecule has 0 spiro atoms. The highest BCUT2D eigenvalue weighted by Crippen LogP contribution is 2.35. The highest BCUT2D eigenvalue weighted by atomic mass is 16.5. The first-order valence-electron chi connectivity index (χ1n) is 16.4. The molecule has 11 nitrogen and oxygen atoms in total. The van der Waals surface area contributed by atoms with Crippen LogP contribution < -0.4 is 21.5 Å². The number of aryl methyl sites for hydroxylation is 3. The van der Waals surface area contributed by atoms with Gasteiger partial charge in [0.25, 0.3) is 11.5 Å². The third-order valence-corrected chi connectivity index (χ3v) is 9.85. The van der Waals surface area contributed by atoms with Gasteiger partial charge in [0, 0.05) is 75.0 Å². The van der Waals surface area contributed by atoms with Crippen molar-refractivity contribution in [3.05, 3.63) is 85.2 Å². The first-order valence-corrected chi connectivity index (χ1v) is 16.4. The van der Waals surface area contributed by atoms with Crippen LogP contribution in [0, 0.1) is 32.1 Å². The summed E-state index contributed by atoms with van der Waals surface area (Å²) < 4.78 is 9.18. The molecule has 2 saturated heterocycles. The second kappa shape index (κ2) is 13.2. The fourth-order valence-corrected chi connectivity index (χ4v) is 7.22. The molecule has 0 aliphatic carbocycles. The van der Waals surface area contributed by atoms with E-state index in [1.165, 1.54) is 0 Å². The molecule has 0 unspecified atom stereocenters. The lowest BCUT2D eigenvalue weighted by atomic mass is 9.95. The van der Waals surface area contributed by atoms with Crippen LogP contribution in [0.25, 0.3) is 22.2 Å². The SMILES string of the molecule is CCN(c1cc(-c2ccc3c(c2)n(C2CN(CC#N)C2)c(=O)n3C)cc(C(=O)NCc2c(C)cc(C)[nH]c2=O)c1C)C1CCOCC1. The number of imidazole rings is 1. The van der Waals surface area contributed by atoms with E-state index >= 15 is 0 Å². The largest absolute Gasteiger partial charge is 0.381 e. The zero-order valence-corrected chi connectivity index (χ0v) is 27.9. The summed E-state index contributed by atoms with van der Waals surface area (Å²) in [4.78, 5) is 47.3. The molecule has 6 rings (SSSR count). The maximum atomic E-state index is 13.9. The van der Waals surface area contributed by atoms with Gasteiger partial charge in [-0.1, -0.05) is 6.07 Å². The molecule has 2 aliphatic heterocycles. The maximum Gasteiger partial charge on any atom is 0.329 e. The summed E-state index contributed by atoms with van der Waals surface area (Å²) in [6.45, 7) is 11.8. The third-order valence-electron chi connectivity index (χ3n) is 9.85. The van der Waals surface area contributed by atoms with Gasteiger partial charge in [0.15, 0.2) is 0 Å². The number of aromatic nitrogens is 3. The zero-order valence-electron chi connectivity index (χ0n) is 27.9. The lowest BCUT2D eigenvalue weighted by molar-refractivity contribution is 0.0846. The molecule has 0 atom stereocenters. The molecular weight excluding hydrogens is 594 g/mol. The van der Waals surface area contributed by atoms with Crippen LogP contribution >= 0.6 is 0 Å². The Hall–Kier alpha value is -4.66. The quantitative estimate of drug-likeness (QED) is 0.266. The smallest absolute Gasteiger partial charge is 0.329 e. The zero-order chi connectivity index (χ0) is 33.4. The number of hydrogen-bond donors (Lipinski definition) is 2. The summed E-state index contributed by atoms with van der Waals surface area (Å²) in [7, 11) is 1.78. The lowest BCUT2D eigenvalue weighted by Crippen LogP contribution is -2.50. The molecule has 0 bridgehead atoms. The molecule has 2 aromatic heterocycles. The number of carbonyl (C=O) groups excluding carboxylic acids is 1.